The SMILES string of the molecule is Cc1ccc2[nH]c(=S)n(-c3cc(Br)ccc3C)c2n1. The molecule has 0 aliphatic carbocycles. The summed E-state index contributed by atoms with van der Waals surface area (Å²) in [5.41, 5.74) is 5.00. The van der Waals surface area contributed by atoms with Crippen molar-refractivity contribution < 1.29 is 0 Å². The maximum atomic E-state index is 5.43. The summed E-state index contributed by atoms with van der Waals surface area (Å²) >= 11 is 8.94. The molecule has 3 aromatic rings. The molecular weight excluding hydrogens is 322 g/mol. The topological polar surface area (TPSA) is 33.6 Å². The van der Waals surface area contributed by atoms with Gasteiger partial charge in [-0.15, -0.1) is 0 Å². The number of hydrogen-bond acceptors (Lipinski definition) is 2. The maximum absolute atomic E-state index is 5.43. The number of aromatic amines is 1. The fraction of sp³-hybridized carbons (Fsp3) is 0.143. The van der Waals surface area contributed by atoms with E-state index in [1.165, 1.54) is 0 Å². The number of halogens is 1. The second kappa shape index (κ2) is 4.58. The third-order valence-corrected chi connectivity index (χ3v) is 3.86. The van der Waals surface area contributed by atoms with Gasteiger partial charge in [-0.1, -0.05) is 22.0 Å². The molecule has 0 saturated carbocycles. The number of benzene rings is 1. The molecule has 2 aromatic heterocycles. The summed E-state index contributed by atoms with van der Waals surface area (Å²) in [6, 6.07) is 10.1. The highest BCUT2D eigenvalue weighted by Crippen LogP contribution is 2.24. The molecule has 0 atom stereocenters. The summed E-state index contributed by atoms with van der Waals surface area (Å²) < 4.78 is 3.67. The number of aromatic nitrogens is 3. The summed E-state index contributed by atoms with van der Waals surface area (Å²) in [4.78, 5) is 7.79. The first-order valence-corrected chi connectivity index (χ1v) is 7.11. The molecule has 0 spiro atoms. The van der Waals surface area contributed by atoms with Crippen LogP contribution in [0, 0.1) is 18.6 Å². The Hall–Kier alpha value is -1.46. The predicted octanol–water partition coefficient (Wildman–Crippen LogP) is 4.46. The van der Waals surface area contributed by atoms with Crippen molar-refractivity contribution in [3.8, 4) is 5.69 Å². The molecule has 5 heteroatoms. The summed E-state index contributed by atoms with van der Waals surface area (Å²) in [6.07, 6.45) is 0. The normalized spacial score (nSPS) is 11.1. The van der Waals surface area contributed by atoms with Crippen molar-refractivity contribution in [3.05, 3.63) is 50.8 Å². The number of nitrogens with zero attached hydrogens (tertiary/aromatic N) is 2. The zero-order valence-corrected chi connectivity index (χ0v) is 13.0. The molecule has 0 saturated heterocycles. The Morgan fingerprint density at radius 3 is 2.79 bits per heavy atom. The minimum Gasteiger partial charge on any atom is -0.329 e. The summed E-state index contributed by atoms with van der Waals surface area (Å²) in [5.74, 6) is 0. The van der Waals surface area contributed by atoms with E-state index in [9.17, 15) is 0 Å². The van der Waals surface area contributed by atoms with Gasteiger partial charge in [0, 0.05) is 10.2 Å². The lowest BCUT2D eigenvalue weighted by molar-refractivity contribution is 1.02. The van der Waals surface area contributed by atoms with E-state index in [0.29, 0.717) is 4.77 Å². The highest BCUT2D eigenvalue weighted by Gasteiger charge is 2.10. The van der Waals surface area contributed by atoms with Crippen LogP contribution in [0.3, 0.4) is 0 Å². The zero-order chi connectivity index (χ0) is 13.6. The van der Waals surface area contributed by atoms with Crippen molar-refractivity contribution in [2.45, 2.75) is 13.8 Å². The first-order valence-electron chi connectivity index (χ1n) is 5.91. The molecule has 0 bridgehead atoms. The predicted molar refractivity (Wildman–Crippen MR) is 83.4 cm³/mol. The Kier molecular flexibility index (Phi) is 3.03. The maximum Gasteiger partial charge on any atom is 0.184 e. The first-order chi connectivity index (χ1) is 9.06. The summed E-state index contributed by atoms with van der Waals surface area (Å²) in [5, 5.41) is 0. The Morgan fingerprint density at radius 2 is 2.00 bits per heavy atom. The van der Waals surface area contributed by atoms with E-state index >= 15 is 0 Å². The lowest BCUT2D eigenvalue weighted by atomic mass is 10.2. The lowest BCUT2D eigenvalue weighted by Gasteiger charge is -2.08. The van der Waals surface area contributed by atoms with Gasteiger partial charge in [0.05, 0.1) is 11.2 Å². The quantitative estimate of drug-likeness (QED) is 0.667. The second-order valence-corrected chi connectivity index (χ2v) is 5.82. The van der Waals surface area contributed by atoms with E-state index in [-0.39, 0.29) is 0 Å². The number of nitrogens with one attached hydrogen (secondary N) is 1. The van der Waals surface area contributed by atoms with Gasteiger partial charge < -0.3 is 4.98 Å². The van der Waals surface area contributed by atoms with Crippen LogP contribution in [0.5, 0.6) is 0 Å². The highest BCUT2D eigenvalue weighted by atomic mass is 79.9. The Labute approximate surface area is 124 Å². The Balaban J connectivity index is 2.42. The molecule has 0 radical (unpaired) electrons. The van der Waals surface area contributed by atoms with Gasteiger partial charge in [0.1, 0.15) is 0 Å². The van der Waals surface area contributed by atoms with Crippen molar-refractivity contribution >= 4 is 39.3 Å². The standard InChI is InChI=1S/C14H12BrN3S/c1-8-3-5-10(15)7-12(8)18-13-11(17-14(18)19)6-4-9(2)16-13/h3-7H,1-2H3,(H,17,19). The van der Waals surface area contributed by atoms with Crippen LogP contribution >= 0.6 is 28.1 Å². The van der Waals surface area contributed by atoms with Crippen molar-refractivity contribution in [2.24, 2.45) is 0 Å². The van der Waals surface area contributed by atoms with Gasteiger partial charge in [0.15, 0.2) is 10.4 Å². The van der Waals surface area contributed by atoms with E-state index in [0.717, 1.165) is 32.6 Å². The molecule has 0 fully saturated rings. The molecule has 0 aliphatic rings. The lowest BCUT2D eigenvalue weighted by Crippen LogP contribution is -1.99. The van der Waals surface area contributed by atoms with E-state index in [1.54, 1.807) is 0 Å². The first kappa shape index (κ1) is 12.6. The van der Waals surface area contributed by atoms with Crippen LogP contribution in [0.15, 0.2) is 34.8 Å². The fourth-order valence-corrected chi connectivity index (χ4v) is 2.77. The van der Waals surface area contributed by atoms with Gasteiger partial charge in [-0.25, -0.2) is 4.98 Å². The fourth-order valence-electron chi connectivity index (χ4n) is 2.13. The van der Waals surface area contributed by atoms with Gasteiger partial charge in [-0.3, -0.25) is 4.57 Å². The van der Waals surface area contributed by atoms with Crippen LogP contribution in [-0.4, -0.2) is 14.5 Å². The molecule has 0 unspecified atom stereocenters. The van der Waals surface area contributed by atoms with Crippen molar-refractivity contribution in [1.82, 2.24) is 14.5 Å². The van der Waals surface area contributed by atoms with Crippen LogP contribution in [0.1, 0.15) is 11.3 Å². The van der Waals surface area contributed by atoms with Gasteiger partial charge in [-0.2, -0.15) is 0 Å². The molecular formula is C14H12BrN3S. The van der Waals surface area contributed by atoms with Gasteiger partial charge >= 0.3 is 0 Å². The molecule has 0 aliphatic heterocycles. The van der Waals surface area contributed by atoms with Crippen LogP contribution in [0.2, 0.25) is 0 Å². The number of pyridine rings is 1. The molecule has 19 heavy (non-hydrogen) atoms. The molecule has 2 heterocycles. The molecule has 3 rings (SSSR count). The van der Waals surface area contributed by atoms with Gasteiger partial charge in [-0.05, 0) is 55.9 Å². The third-order valence-electron chi connectivity index (χ3n) is 3.08. The average Bonchev–Trinajstić information content (AvgIpc) is 2.68. The molecule has 0 amide bonds. The van der Waals surface area contributed by atoms with Crippen LogP contribution < -0.4 is 0 Å². The zero-order valence-electron chi connectivity index (χ0n) is 10.6. The number of imidazole rings is 1. The Bertz CT molecular complexity index is 832. The number of hydrogen-bond donors (Lipinski definition) is 1. The monoisotopic (exact) mass is 333 g/mol. The second-order valence-electron chi connectivity index (χ2n) is 4.52. The average molecular weight is 334 g/mol. The van der Waals surface area contributed by atoms with Crippen LogP contribution in [0.4, 0.5) is 0 Å². The van der Waals surface area contributed by atoms with E-state index in [4.69, 9.17) is 12.2 Å². The van der Waals surface area contributed by atoms with E-state index in [1.807, 2.05) is 29.7 Å². The molecule has 3 nitrogen and oxygen atoms in total. The molecule has 96 valence electrons. The van der Waals surface area contributed by atoms with Crippen molar-refractivity contribution in [2.75, 3.05) is 0 Å². The third kappa shape index (κ3) is 2.13. The smallest absolute Gasteiger partial charge is 0.184 e. The minimum absolute atomic E-state index is 0.661. The molecule has 1 aromatic carbocycles. The van der Waals surface area contributed by atoms with Crippen LogP contribution in [-0.2, 0) is 0 Å². The van der Waals surface area contributed by atoms with Crippen LogP contribution in [0.25, 0.3) is 16.9 Å². The number of aryl methyl sites for hydroxylation is 2. The van der Waals surface area contributed by atoms with E-state index in [2.05, 4.69) is 45.0 Å². The number of H-pyrrole nitrogens is 1. The largest absolute Gasteiger partial charge is 0.329 e. The van der Waals surface area contributed by atoms with E-state index < -0.39 is 0 Å². The Morgan fingerprint density at radius 1 is 1.21 bits per heavy atom. The van der Waals surface area contributed by atoms with Gasteiger partial charge in [0.25, 0.3) is 0 Å². The number of rotatable bonds is 1. The number of fused-ring (bicyclic) bond motifs is 1. The minimum atomic E-state index is 0.661. The van der Waals surface area contributed by atoms with Crippen molar-refractivity contribution in [3.63, 3.8) is 0 Å². The summed E-state index contributed by atoms with van der Waals surface area (Å²) in [7, 11) is 0. The summed E-state index contributed by atoms with van der Waals surface area (Å²) in [6.45, 7) is 4.05. The highest BCUT2D eigenvalue weighted by molar-refractivity contribution is 9.10. The van der Waals surface area contributed by atoms with Gasteiger partial charge in [0.2, 0.25) is 0 Å². The van der Waals surface area contributed by atoms with Crippen molar-refractivity contribution in [1.29, 1.82) is 0 Å². The molecule has 1 N–H and O–H groups in total.